The molecule has 138 valence electrons. The highest BCUT2D eigenvalue weighted by atomic mass is 32.2. The lowest BCUT2D eigenvalue weighted by Gasteiger charge is -2.28. The first kappa shape index (κ1) is 17.5. The Morgan fingerprint density at radius 1 is 1.12 bits per heavy atom. The summed E-state index contributed by atoms with van der Waals surface area (Å²) in [5, 5.41) is 1.47. The van der Waals surface area contributed by atoms with E-state index in [0.29, 0.717) is 19.7 Å². The van der Waals surface area contributed by atoms with E-state index in [1.807, 2.05) is 25.1 Å². The SMILES string of the molecule is Cc1ccc(S(=O)(=O)ON2CCC2)cc1-c1ccc2c(c1)OCC2(C)C. The van der Waals surface area contributed by atoms with Gasteiger partial charge in [0.1, 0.15) is 5.75 Å². The number of ether oxygens (including phenoxy) is 1. The van der Waals surface area contributed by atoms with E-state index in [4.69, 9.17) is 9.02 Å². The summed E-state index contributed by atoms with van der Waals surface area (Å²) in [4.78, 5) is 0.173. The molecule has 1 saturated heterocycles. The second kappa shape index (κ2) is 6.08. The second-order valence-electron chi connectivity index (χ2n) is 7.67. The average Bonchev–Trinajstić information content (AvgIpc) is 2.86. The highest BCUT2D eigenvalue weighted by molar-refractivity contribution is 7.86. The highest BCUT2D eigenvalue weighted by Crippen LogP contribution is 2.41. The van der Waals surface area contributed by atoms with Gasteiger partial charge in [0.2, 0.25) is 0 Å². The minimum absolute atomic E-state index is 0.000838. The molecule has 0 aromatic heterocycles. The van der Waals surface area contributed by atoms with Crippen molar-refractivity contribution in [2.24, 2.45) is 0 Å². The first-order valence-electron chi connectivity index (χ1n) is 8.84. The zero-order valence-corrected chi connectivity index (χ0v) is 16.1. The molecular formula is C20H23NO4S. The minimum Gasteiger partial charge on any atom is -0.492 e. The summed E-state index contributed by atoms with van der Waals surface area (Å²) in [7, 11) is -3.80. The topological polar surface area (TPSA) is 55.8 Å². The van der Waals surface area contributed by atoms with Crippen molar-refractivity contribution >= 4 is 10.1 Å². The maximum absolute atomic E-state index is 12.5. The van der Waals surface area contributed by atoms with Crippen molar-refractivity contribution < 1.29 is 17.4 Å². The first-order valence-corrected chi connectivity index (χ1v) is 10.2. The van der Waals surface area contributed by atoms with E-state index in [-0.39, 0.29) is 10.3 Å². The van der Waals surface area contributed by atoms with E-state index in [1.165, 1.54) is 10.6 Å². The van der Waals surface area contributed by atoms with Crippen molar-refractivity contribution in [2.75, 3.05) is 19.7 Å². The van der Waals surface area contributed by atoms with E-state index in [9.17, 15) is 8.42 Å². The van der Waals surface area contributed by atoms with Gasteiger partial charge in [-0.2, -0.15) is 17.8 Å². The second-order valence-corrected chi connectivity index (χ2v) is 9.20. The fraction of sp³-hybridized carbons (Fsp3) is 0.400. The van der Waals surface area contributed by atoms with Crippen LogP contribution in [0.25, 0.3) is 11.1 Å². The van der Waals surface area contributed by atoms with Gasteiger partial charge in [0.15, 0.2) is 0 Å². The number of nitrogens with zero attached hydrogens (tertiary/aromatic N) is 1. The van der Waals surface area contributed by atoms with E-state index in [1.54, 1.807) is 12.1 Å². The molecule has 5 nitrogen and oxygen atoms in total. The molecule has 4 rings (SSSR count). The lowest BCUT2D eigenvalue weighted by atomic mass is 9.86. The fourth-order valence-electron chi connectivity index (χ4n) is 3.32. The van der Waals surface area contributed by atoms with Gasteiger partial charge in [-0.25, -0.2) is 0 Å². The summed E-state index contributed by atoms with van der Waals surface area (Å²) in [6.45, 7) is 8.24. The summed E-state index contributed by atoms with van der Waals surface area (Å²) in [6, 6.07) is 11.2. The van der Waals surface area contributed by atoms with Crippen LogP contribution in [-0.4, -0.2) is 33.2 Å². The van der Waals surface area contributed by atoms with Gasteiger partial charge in [0.25, 0.3) is 0 Å². The number of hydroxylamine groups is 2. The average molecular weight is 373 g/mol. The molecule has 6 heteroatoms. The van der Waals surface area contributed by atoms with Crippen molar-refractivity contribution in [3.05, 3.63) is 47.5 Å². The van der Waals surface area contributed by atoms with Crippen LogP contribution >= 0.6 is 0 Å². The molecule has 2 aromatic carbocycles. The quantitative estimate of drug-likeness (QED) is 0.819. The first-order chi connectivity index (χ1) is 12.3. The number of hydrogen-bond donors (Lipinski definition) is 0. The Kier molecular flexibility index (Phi) is 4.10. The van der Waals surface area contributed by atoms with Gasteiger partial charge in [-0.05, 0) is 48.2 Å². The molecular weight excluding hydrogens is 350 g/mol. The molecule has 1 fully saturated rings. The van der Waals surface area contributed by atoms with E-state index >= 15 is 0 Å². The Labute approximate surface area is 154 Å². The molecule has 0 aliphatic carbocycles. The molecule has 0 amide bonds. The summed E-state index contributed by atoms with van der Waals surface area (Å²) in [5.41, 5.74) is 4.00. The lowest BCUT2D eigenvalue weighted by molar-refractivity contribution is -0.101. The van der Waals surface area contributed by atoms with Crippen LogP contribution in [0.3, 0.4) is 0 Å². The predicted octanol–water partition coefficient (Wildman–Crippen LogP) is 3.66. The number of hydrogen-bond acceptors (Lipinski definition) is 5. The third-order valence-corrected chi connectivity index (χ3v) is 6.36. The van der Waals surface area contributed by atoms with Gasteiger partial charge in [0, 0.05) is 24.1 Å². The standard InChI is InChI=1S/C20H23NO4S/c1-14-5-7-16(26(22,23)25-21-9-4-10-21)12-17(14)15-6-8-18-19(11-15)24-13-20(18,2)3/h5-8,11-12H,4,9-10,13H2,1-3H3. The molecule has 0 radical (unpaired) electrons. The Hall–Kier alpha value is -1.89. The van der Waals surface area contributed by atoms with Crippen LogP contribution in [0.5, 0.6) is 5.75 Å². The Balaban J connectivity index is 1.71. The van der Waals surface area contributed by atoms with E-state index in [0.717, 1.165) is 28.9 Å². The van der Waals surface area contributed by atoms with Gasteiger partial charge in [-0.15, -0.1) is 0 Å². The van der Waals surface area contributed by atoms with Crippen molar-refractivity contribution in [3.63, 3.8) is 0 Å². The fourth-order valence-corrected chi connectivity index (χ4v) is 4.33. The zero-order chi connectivity index (χ0) is 18.5. The maximum atomic E-state index is 12.5. The van der Waals surface area contributed by atoms with Crippen molar-refractivity contribution in [1.82, 2.24) is 5.06 Å². The zero-order valence-electron chi connectivity index (χ0n) is 15.3. The largest absolute Gasteiger partial charge is 0.492 e. The molecule has 0 unspecified atom stereocenters. The third-order valence-electron chi connectivity index (χ3n) is 5.13. The monoisotopic (exact) mass is 373 g/mol. The number of benzene rings is 2. The van der Waals surface area contributed by atoms with Gasteiger partial charge < -0.3 is 4.74 Å². The summed E-state index contributed by atoms with van der Waals surface area (Å²) < 4.78 is 36.0. The van der Waals surface area contributed by atoms with Crippen molar-refractivity contribution in [2.45, 2.75) is 37.5 Å². The summed E-state index contributed by atoms with van der Waals surface area (Å²) in [6.07, 6.45) is 0.958. The van der Waals surface area contributed by atoms with Crippen LogP contribution in [0.1, 0.15) is 31.4 Å². The third kappa shape index (κ3) is 3.02. The Morgan fingerprint density at radius 3 is 2.58 bits per heavy atom. The predicted molar refractivity (Wildman–Crippen MR) is 99.6 cm³/mol. The lowest BCUT2D eigenvalue weighted by Crippen LogP contribution is -2.38. The molecule has 2 aliphatic heterocycles. The van der Waals surface area contributed by atoms with Crippen LogP contribution in [-0.2, 0) is 19.8 Å². The molecule has 26 heavy (non-hydrogen) atoms. The summed E-state index contributed by atoms with van der Waals surface area (Å²) in [5.74, 6) is 0.872. The highest BCUT2D eigenvalue weighted by Gasteiger charge is 2.32. The number of fused-ring (bicyclic) bond motifs is 1. The smallest absolute Gasteiger partial charge is 0.313 e. The van der Waals surface area contributed by atoms with Gasteiger partial charge in [-0.3, -0.25) is 0 Å². The van der Waals surface area contributed by atoms with Crippen LogP contribution in [0.4, 0.5) is 0 Å². The van der Waals surface area contributed by atoms with Crippen molar-refractivity contribution in [1.29, 1.82) is 0 Å². The Bertz CT molecular complexity index is 962. The molecule has 2 aliphatic rings. The van der Waals surface area contributed by atoms with Crippen LogP contribution in [0.2, 0.25) is 0 Å². The molecule has 0 bridgehead atoms. The molecule has 2 heterocycles. The molecule has 0 atom stereocenters. The summed E-state index contributed by atoms with van der Waals surface area (Å²) >= 11 is 0. The van der Waals surface area contributed by atoms with Gasteiger partial charge in [0.05, 0.1) is 11.5 Å². The van der Waals surface area contributed by atoms with Crippen LogP contribution < -0.4 is 4.74 Å². The minimum atomic E-state index is -3.80. The molecule has 0 spiro atoms. The van der Waals surface area contributed by atoms with Crippen LogP contribution in [0.15, 0.2) is 41.3 Å². The maximum Gasteiger partial charge on any atom is 0.313 e. The van der Waals surface area contributed by atoms with Gasteiger partial charge >= 0.3 is 10.1 Å². The van der Waals surface area contributed by atoms with E-state index in [2.05, 4.69) is 19.9 Å². The van der Waals surface area contributed by atoms with Crippen molar-refractivity contribution in [3.8, 4) is 16.9 Å². The molecule has 0 N–H and O–H groups in total. The number of aryl methyl sites for hydroxylation is 1. The van der Waals surface area contributed by atoms with E-state index < -0.39 is 10.1 Å². The molecule has 0 saturated carbocycles. The normalized spacial score (nSPS) is 18.9. The Morgan fingerprint density at radius 2 is 1.88 bits per heavy atom. The number of rotatable bonds is 4. The van der Waals surface area contributed by atoms with Crippen LogP contribution in [0, 0.1) is 6.92 Å². The van der Waals surface area contributed by atoms with Gasteiger partial charge in [-0.1, -0.05) is 32.0 Å². The molecule has 2 aromatic rings.